The second kappa shape index (κ2) is 9.30. The number of carbonyl (C=O) groups is 3. The maximum Gasteiger partial charge on any atom is 0.322 e. The molecule has 4 amide bonds. The van der Waals surface area contributed by atoms with Crippen molar-refractivity contribution >= 4 is 41.1 Å². The SMILES string of the molecule is COc1ccc2c(c1)C(=O)N(C[C@](C)(NC(=O)NC=O)c1cc3nc(Nc4ccnn4C)ccc3o1)C2. The lowest BCUT2D eigenvalue weighted by atomic mass is 9.98. The molecule has 190 valence electrons. The minimum Gasteiger partial charge on any atom is -0.497 e. The number of ether oxygens (including phenoxy) is 1. The van der Waals surface area contributed by atoms with Crippen molar-refractivity contribution in [2.45, 2.75) is 19.0 Å². The van der Waals surface area contributed by atoms with Crippen molar-refractivity contribution < 1.29 is 23.5 Å². The quantitative estimate of drug-likeness (QED) is 0.311. The van der Waals surface area contributed by atoms with E-state index in [1.807, 2.05) is 19.2 Å². The molecular formula is C25H25N7O5. The maximum atomic E-state index is 13.2. The average molecular weight is 504 g/mol. The van der Waals surface area contributed by atoms with Gasteiger partial charge in [0.05, 0.1) is 19.9 Å². The fourth-order valence-corrected chi connectivity index (χ4v) is 4.39. The summed E-state index contributed by atoms with van der Waals surface area (Å²) in [6, 6.07) is 11.7. The Morgan fingerprint density at radius 2 is 2.08 bits per heavy atom. The van der Waals surface area contributed by atoms with E-state index in [1.165, 1.54) is 0 Å². The third kappa shape index (κ3) is 4.56. The molecule has 4 aromatic rings. The maximum absolute atomic E-state index is 13.2. The number of benzene rings is 1. The number of nitrogens with one attached hydrogen (secondary N) is 3. The van der Waals surface area contributed by atoms with Gasteiger partial charge in [-0.1, -0.05) is 6.07 Å². The molecule has 37 heavy (non-hydrogen) atoms. The van der Waals surface area contributed by atoms with E-state index >= 15 is 0 Å². The number of amides is 4. The summed E-state index contributed by atoms with van der Waals surface area (Å²) in [4.78, 5) is 42.7. The molecule has 0 spiro atoms. The van der Waals surface area contributed by atoms with Crippen LogP contribution in [0.2, 0.25) is 0 Å². The summed E-state index contributed by atoms with van der Waals surface area (Å²) in [5, 5.41) is 12.2. The topological polar surface area (TPSA) is 144 Å². The highest BCUT2D eigenvalue weighted by atomic mass is 16.5. The van der Waals surface area contributed by atoms with Crippen molar-refractivity contribution in [1.29, 1.82) is 0 Å². The Bertz CT molecular complexity index is 1510. The van der Waals surface area contributed by atoms with E-state index in [0.29, 0.717) is 40.5 Å². The molecule has 0 aliphatic carbocycles. The molecule has 4 heterocycles. The van der Waals surface area contributed by atoms with E-state index in [2.05, 4.69) is 26.0 Å². The first-order valence-electron chi connectivity index (χ1n) is 11.4. The number of furan rings is 1. The molecule has 12 nitrogen and oxygen atoms in total. The van der Waals surface area contributed by atoms with Gasteiger partial charge in [0.25, 0.3) is 5.91 Å². The number of urea groups is 1. The van der Waals surface area contributed by atoms with Gasteiger partial charge in [-0.05, 0) is 36.8 Å². The first-order valence-corrected chi connectivity index (χ1v) is 11.4. The number of hydrogen-bond acceptors (Lipinski definition) is 8. The van der Waals surface area contributed by atoms with Gasteiger partial charge >= 0.3 is 6.03 Å². The van der Waals surface area contributed by atoms with Crippen LogP contribution in [0.15, 0.2) is 53.1 Å². The number of anilines is 2. The monoisotopic (exact) mass is 503 g/mol. The Hall–Kier alpha value is -4.87. The third-order valence-corrected chi connectivity index (χ3v) is 6.28. The summed E-state index contributed by atoms with van der Waals surface area (Å²) in [5.41, 5.74) is 1.24. The van der Waals surface area contributed by atoms with Gasteiger partial charge in [0, 0.05) is 31.3 Å². The molecule has 1 atom stereocenters. The number of rotatable bonds is 8. The number of pyridine rings is 1. The normalized spacial score (nSPS) is 14.2. The van der Waals surface area contributed by atoms with E-state index in [9.17, 15) is 14.4 Å². The van der Waals surface area contributed by atoms with Gasteiger partial charge in [0.2, 0.25) is 6.41 Å². The van der Waals surface area contributed by atoms with Gasteiger partial charge in [-0.25, -0.2) is 9.78 Å². The fraction of sp³-hybridized carbons (Fsp3) is 0.240. The van der Waals surface area contributed by atoms with Crippen LogP contribution >= 0.6 is 0 Å². The Balaban J connectivity index is 1.46. The molecule has 0 unspecified atom stereocenters. The molecule has 5 rings (SSSR count). The van der Waals surface area contributed by atoms with E-state index in [4.69, 9.17) is 9.15 Å². The largest absolute Gasteiger partial charge is 0.497 e. The Labute approximate surface area is 211 Å². The molecule has 1 aromatic carbocycles. The Morgan fingerprint density at radius 1 is 1.24 bits per heavy atom. The fourth-order valence-electron chi connectivity index (χ4n) is 4.39. The summed E-state index contributed by atoms with van der Waals surface area (Å²) in [6.45, 7) is 2.15. The number of methoxy groups -OCH3 is 1. The lowest BCUT2D eigenvalue weighted by molar-refractivity contribution is -0.108. The molecule has 0 saturated carbocycles. The lowest BCUT2D eigenvalue weighted by Crippen LogP contribution is -2.53. The number of nitrogens with zero attached hydrogens (tertiary/aromatic N) is 4. The zero-order valence-corrected chi connectivity index (χ0v) is 20.4. The van der Waals surface area contributed by atoms with Crippen molar-refractivity contribution in [1.82, 2.24) is 30.3 Å². The molecule has 12 heteroatoms. The summed E-state index contributed by atoms with van der Waals surface area (Å²) in [6.07, 6.45) is 1.96. The van der Waals surface area contributed by atoms with Crippen LogP contribution in [0.5, 0.6) is 5.75 Å². The smallest absolute Gasteiger partial charge is 0.322 e. The number of aryl methyl sites for hydroxylation is 1. The van der Waals surface area contributed by atoms with Crippen LogP contribution in [0.3, 0.4) is 0 Å². The first-order chi connectivity index (χ1) is 17.8. The summed E-state index contributed by atoms with van der Waals surface area (Å²) >= 11 is 0. The predicted molar refractivity (Wildman–Crippen MR) is 133 cm³/mol. The van der Waals surface area contributed by atoms with Crippen LogP contribution in [0.1, 0.15) is 28.6 Å². The highest BCUT2D eigenvalue weighted by Gasteiger charge is 2.39. The zero-order valence-electron chi connectivity index (χ0n) is 20.4. The number of imide groups is 1. The number of aromatic nitrogens is 3. The van der Waals surface area contributed by atoms with Gasteiger partial charge in [0.1, 0.15) is 34.2 Å². The second-order valence-electron chi connectivity index (χ2n) is 8.89. The van der Waals surface area contributed by atoms with Crippen LogP contribution < -0.4 is 20.7 Å². The second-order valence-corrected chi connectivity index (χ2v) is 8.89. The van der Waals surface area contributed by atoms with Gasteiger partial charge in [-0.15, -0.1) is 0 Å². The van der Waals surface area contributed by atoms with Gasteiger partial charge in [-0.3, -0.25) is 19.6 Å². The molecule has 0 bridgehead atoms. The van der Waals surface area contributed by atoms with E-state index in [0.717, 1.165) is 11.4 Å². The standard InChI is InChI=1S/C25H25N7O5/c1-25(30-24(35)26-14-33,13-32-12-15-4-5-16(36-3)10-17(15)23(32)34)20-11-18-19(37-20)6-7-21(28-18)29-22-8-9-27-31(22)2/h4-11,14H,12-13H2,1-3H3,(H,28,29)(H2,26,30,33,35)/t25-/m0/s1. The minimum absolute atomic E-state index is 0.0784. The van der Waals surface area contributed by atoms with Crippen molar-refractivity contribution in [2.75, 3.05) is 19.0 Å². The van der Waals surface area contributed by atoms with Crippen molar-refractivity contribution in [3.05, 3.63) is 65.5 Å². The Morgan fingerprint density at radius 3 is 2.81 bits per heavy atom. The summed E-state index contributed by atoms with van der Waals surface area (Å²) in [7, 11) is 3.35. The molecule has 3 aromatic heterocycles. The number of carbonyl (C=O) groups excluding carboxylic acids is 3. The zero-order chi connectivity index (χ0) is 26.2. The van der Waals surface area contributed by atoms with E-state index in [-0.39, 0.29) is 18.9 Å². The molecule has 1 aliphatic heterocycles. The highest BCUT2D eigenvalue weighted by Crippen LogP contribution is 2.33. The predicted octanol–water partition coefficient (Wildman–Crippen LogP) is 2.64. The van der Waals surface area contributed by atoms with Crippen molar-refractivity contribution in [2.24, 2.45) is 7.05 Å². The molecule has 0 saturated heterocycles. The van der Waals surface area contributed by atoms with Gasteiger partial charge in [-0.2, -0.15) is 5.10 Å². The van der Waals surface area contributed by atoms with Crippen LogP contribution in [0, 0.1) is 0 Å². The van der Waals surface area contributed by atoms with Gasteiger partial charge < -0.3 is 24.7 Å². The van der Waals surface area contributed by atoms with Crippen LogP contribution in [-0.4, -0.2) is 51.7 Å². The lowest BCUT2D eigenvalue weighted by Gasteiger charge is -2.32. The van der Waals surface area contributed by atoms with Gasteiger partial charge in [0.15, 0.2) is 5.58 Å². The third-order valence-electron chi connectivity index (χ3n) is 6.28. The van der Waals surface area contributed by atoms with Crippen LogP contribution in [0.25, 0.3) is 11.1 Å². The van der Waals surface area contributed by atoms with E-state index < -0.39 is 11.6 Å². The minimum atomic E-state index is -1.19. The first kappa shape index (κ1) is 23.9. The molecule has 3 N–H and O–H groups in total. The summed E-state index contributed by atoms with van der Waals surface area (Å²) in [5.74, 6) is 2.09. The van der Waals surface area contributed by atoms with Crippen molar-refractivity contribution in [3.63, 3.8) is 0 Å². The highest BCUT2D eigenvalue weighted by molar-refractivity contribution is 5.99. The van der Waals surface area contributed by atoms with Crippen molar-refractivity contribution in [3.8, 4) is 5.75 Å². The Kier molecular flexibility index (Phi) is 5.99. The van der Waals surface area contributed by atoms with Crippen LogP contribution in [0.4, 0.5) is 16.4 Å². The number of hydrogen-bond donors (Lipinski definition) is 3. The molecular weight excluding hydrogens is 478 g/mol. The average Bonchev–Trinajstić information content (AvgIpc) is 3.57. The molecule has 0 radical (unpaired) electrons. The molecule has 1 aliphatic rings. The molecule has 0 fully saturated rings. The van der Waals surface area contributed by atoms with Crippen LogP contribution in [-0.2, 0) is 23.9 Å². The van der Waals surface area contributed by atoms with E-state index in [1.54, 1.807) is 60.1 Å². The number of fused-ring (bicyclic) bond motifs is 2. The summed E-state index contributed by atoms with van der Waals surface area (Å²) < 4.78 is 13.0.